The molecule has 7 heteroatoms. The van der Waals surface area contributed by atoms with E-state index in [1.165, 1.54) is 11.2 Å². The quantitative estimate of drug-likeness (QED) is 0.811. The number of oxazole rings is 1. The molecule has 2 aromatic rings. The molecule has 1 aromatic heterocycles. The predicted octanol–water partition coefficient (Wildman–Crippen LogP) is 2.92. The lowest BCUT2D eigenvalue weighted by atomic mass is 10.2. The van der Waals surface area contributed by atoms with Crippen LogP contribution in [0.2, 0.25) is 5.02 Å². The average Bonchev–Trinajstić information content (AvgIpc) is 3.24. The Morgan fingerprint density at radius 2 is 2.22 bits per heavy atom. The fourth-order valence-electron chi connectivity index (χ4n) is 3.12. The fourth-order valence-corrected chi connectivity index (χ4v) is 3.31. The first kappa shape index (κ1) is 14.3. The normalized spacial score (nSPS) is 20.5. The van der Waals surface area contributed by atoms with Crippen LogP contribution in [0.3, 0.4) is 0 Å². The highest BCUT2D eigenvalue weighted by atomic mass is 35.5. The molecule has 6 nitrogen and oxygen atoms in total. The summed E-state index contributed by atoms with van der Waals surface area (Å²) in [5.74, 6) is 0.280. The third-order valence-corrected chi connectivity index (χ3v) is 4.46. The van der Waals surface area contributed by atoms with E-state index in [0.29, 0.717) is 23.2 Å². The minimum atomic E-state index is -0.290. The van der Waals surface area contributed by atoms with Gasteiger partial charge in [0, 0.05) is 17.1 Å². The maximum Gasteiger partial charge on any atom is 0.327 e. The van der Waals surface area contributed by atoms with Gasteiger partial charge in [-0.05, 0) is 31.0 Å². The molecule has 2 fully saturated rings. The van der Waals surface area contributed by atoms with E-state index in [2.05, 4.69) is 4.98 Å². The molecular weight excluding hydrogens is 318 g/mol. The number of carbonyl (C=O) groups excluding carboxylic acids is 2. The highest BCUT2D eigenvalue weighted by Gasteiger charge is 2.47. The van der Waals surface area contributed by atoms with Gasteiger partial charge in [-0.1, -0.05) is 17.7 Å². The molecule has 0 bridgehead atoms. The van der Waals surface area contributed by atoms with Gasteiger partial charge in [0.1, 0.15) is 12.3 Å². The van der Waals surface area contributed by atoms with Crippen LogP contribution < -0.4 is 0 Å². The Bertz CT molecular complexity index is 766. The Balaban J connectivity index is 1.54. The first-order valence-electron chi connectivity index (χ1n) is 7.46. The first-order valence-corrected chi connectivity index (χ1v) is 7.83. The van der Waals surface area contributed by atoms with Crippen LogP contribution in [-0.4, -0.2) is 39.3 Å². The van der Waals surface area contributed by atoms with Crippen molar-refractivity contribution in [1.82, 2.24) is 14.8 Å². The molecule has 1 aromatic carbocycles. The van der Waals surface area contributed by atoms with Crippen LogP contribution in [0.1, 0.15) is 18.5 Å². The minimum absolute atomic E-state index is 0.134. The molecule has 23 heavy (non-hydrogen) atoms. The lowest BCUT2D eigenvalue weighted by Gasteiger charge is -2.13. The molecule has 0 unspecified atom stereocenters. The van der Waals surface area contributed by atoms with Crippen molar-refractivity contribution in [3.8, 4) is 11.5 Å². The number of fused-ring (bicyclic) bond motifs is 1. The Labute approximate surface area is 137 Å². The van der Waals surface area contributed by atoms with Crippen molar-refractivity contribution in [2.75, 3.05) is 6.54 Å². The first-order chi connectivity index (χ1) is 11.1. The number of hydrogen-bond acceptors (Lipinski definition) is 4. The van der Waals surface area contributed by atoms with Gasteiger partial charge in [-0.3, -0.25) is 9.69 Å². The maximum absolute atomic E-state index is 12.3. The minimum Gasteiger partial charge on any atom is -0.444 e. The number of nitrogens with zero attached hydrogens (tertiary/aromatic N) is 3. The van der Waals surface area contributed by atoms with Gasteiger partial charge < -0.3 is 9.32 Å². The highest BCUT2D eigenvalue weighted by molar-refractivity contribution is 6.30. The van der Waals surface area contributed by atoms with Crippen LogP contribution in [-0.2, 0) is 11.3 Å². The highest BCUT2D eigenvalue weighted by Crippen LogP contribution is 2.29. The average molecular weight is 332 g/mol. The van der Waals surface area contributed by atoms with Crippen LogP contribution in [0.15, 0.2) is 34.9 Å². The van der Waals surface area contributed by atoms with Gasteiger partial charge in [0.2, 0.25) is 5.89 Å². The van der Waals surface area contributed by atoms with E-state index in [-0.39, 0.29) is 24.5 Å². The largest absolute Gasteiger partial charge is 0.444 e. The van der Waals surface area contributed by atoms with Crippen LogP contribution in [0.4, 0.5) is 4.79 Å². The number of rotatable bonds is 3. The number of hydrogen-bond donors (Lipinski definition) is 0. The zero-order valence-electron chi connectivity index (χ0n) is 12.2. The van der Waals surface area contributed by atoms with Crippen LogP contribution >= 0.6 is 11.6 Å². The predicted molar refractivity (Wildman–Crippen MR) is 82.6 cm³/mol. The number of halogens is 1. The molecule has 0 aliphatic carbocycles. The summed E-state index contributed by atoms with van der Waals surface area (Å²) in [5, 5.41) is 0.591. The standard InChI is InChI=1S/C16H14ClN3O3/c17-11-4-1-3-10(7-11)14-18-12(9-23-14)8-20-15(21)13-5-2-6-19(13)16(20)22/h1,3-4,7,9,13H,2,5-6,8H2/t13-/m1/s1. The second-order valence-corrected chi connectivity index (χ2v) is 6.15. The Morgan fingerprint density at radius 3 is 3.00 bits per heavy atom. The number of amides is 3. The summed E-state index contributed by atoms with van der Waals surface area (Å²) in [5.41, 5.74) is 1.30. The Kier molecular flexibility index (Phi) is 3.34. The van der Waals surface area contributed by atoms with Crippen molar-refractivity contribution >= 4 is 23.5 Å². The molecule has 0 saturated carbocycles. The molecule has 3 amide bonds. The summed E-state index contributed by atoms with van der Waals surface area (Å²) < 4.78 is 5.45. The summed E-state index contributed by atoms with van der Waals surface area (Å²) in [4.78, 5) is 31.8. The summed E-state index contributed by atoms with van der Waals surface area (Å²) >= 11 is 5.96. The number of carbonyl (C=O) groups is 2. The maximum atomic E-state index is 12.3. The number of benzene rings is 1. The van der Waals surface area contributed by atoms with Crippen LogP contribution in [0, 0.1) is 0 Å². The Hall–Kier alpha value is -2.34. The van der Waals surface area contributed by atoms with E-state index in [9.17, 15) is 9.59 Å². The molecule has 3 heterocycles. The van der Waals surface area contributed by atoms with E-state index in [1.54, 1.807) is 17.0 Å². The zero-order chi connectivity index (χ0) is 16.0. The number of imide groups is 1. The lowest BCUT2D eigenvalue weighted by molar-refractivity contribution is -0.128. The van der Waals surface area contributed by atoms with Crippen molar-refractivity contribution in [3.63, 3.8) is 0 Å². The number of urea groups is 1. The summed E-state index contributed by atoms with van der Waals surface area (Å²) in [6, 6.07) is 6.64. The molecule has 2 saturated heterocycles. The van der Waals surface area contributed by atoms with E-state index in [0.717, 1.165) is 18.4 Å². The molecule has 118 valence electrons. The van der Waals surface area contributed by atoms with Crippen molar-refractivity contribution in [2.45, 2.75) is 25.4 Å². The molecule has 2 aliphatic rings. The van der Waals surface area contributed by atoms with E-state index in [1.807, 2.05) is 12.1 Å². The number of aromatic nitrogens is 1. The van der Waals surface area contributed by atoms with Crippen LogP contribution in [0.5, 0.6) is 0 Å². The van der Waals surface area contributed by atoms with Gasteiger partial charge in [-0.2, -0.15) is 0 Å². The molecule has 2 aliphatic heterocycles. The van der Waals surface area contributed by atoms with Crippen LogP contribution in [0.25, 0.3) is 11.5 Å². The van der Waals surface area contributed by atoms with Crippen molar-refractivity contribution in [3.05, 3.63) is 41.2 Å². The van der Waals surface area contributed by atoms with Gasteiger partial charge >= 0.3 is 6.03 Å². The lowest BCUT2D eigenvalue weighted by Crippen LogP contribution is -2.32. The molecule has 1 atom stereocenters. The van der Waals surface area contributed by atoms with Gasteiger partial charge in [0.25, 0.3) is 5.91 Å². The van der Waals surface area contributed by atoms with E-state index < -0.39 is 0 Å². The molecular formula is C16H14ClN3O3. The summed E-state index contributed by atoms with van der Waals surface area (Å²) in [6.45, 7) is 0.785. The van der Waals surface area contributed by atoms with Crippen molar-refractivity contribution < 1.29 is 14.0 Å². The second kappa shape index (κ2) is 5.38. The van der Waals surface area contributed by atoms with Crippen molar-refractivity contribution in [1.29, 1.82) is 0 Å². The zero-order valence-corrected chi connectivity index (χ0v) is 13.0. The molecule has 0 spiro atoms. The summed E-state index contributed by atoms with van der Waals surface area (Å²) in [6.07, 6.45) is 3.10. The van der Waals surface area contributed by atoms with Gasteiger partial charge in [-0.25, -0.2) is 9.78 Å². The summed E-state index contributed by atoms with van der Waals surface area (Å²) in [7, 11) is 0. The topological polar surface area (TPSA) is 66.7 Å². The third kappa shape index (κ3) is 2.39. The molecule has 0 N–H and O–H groups in total. The Morgan fingerprint density at radius 1 is 1.35 bits per heavy atom. The SMILES string of the molecule is O=C1[C@H]2CCCN2C(=O)N1Cc1coc(-c2cccc(Cl)c2)n1. The second-order valence-electron chi connectivity index (χ2n) is 5.71. The fraction of sp³-hybridized carbons (Fsp3) is 0.312. The van der Waals surface area contributed by atoms with Gasteiger partial charge in [-0.15, -0.1) is 0 Å². The smallest absolute Gasteiger partial charge is 0.327 e. The molecule has 0 radical (unpaired) electrons. The van der Waals surface area contributed by atoms with E-state index >= 15 is 0 Å². The third-order valence-electron chi connectivity index (χ3n) is 4.22. The monoisotopic (exact) mass is 331 g/mol. The van der Waals surface area contributed by atoms with Crippen molar-refractivity contribution in [2.24, 2.45) is 0 Å². The van der Waals surface area contributed by atoms with Gasteiger partial charge in [0.15, 0.2) is 0 Å². The van der Waals surface area contributed by atoms with E-state index in [4.69, 9.17) is 16.0 Å². The van der Waals surface area contributed by atoms with Gasteiger partial charge in [0.05, 0.1) is 12.2 Å². The molecule has 4 rings (SSSR count).